The SMILES string of the molecule is COC(=O)c1cccc2c(C(=O)O)nc(C3CCN(C)C3)n12. The molecule has 7 nitrogen and oxygen atoms in total. The number of fused-ring (bicyclic) bond motifs is 1. The van der Waals surface area contributed by atoms with E-state index in [4.69, 9.17) is 4.74 Å². The van der Waals surface area contributed by atoms with Crippen molar-refractivity contribution in [1.82, 2.24) is 14.3 Å². The Hall–Kier alpha value is -2.41. The van der Waals surface area contributed by atoms with Crippen molar-refractivity contribution in [3.8, 4) is 0 Å². The first kappa shape index (κ1) is 14.5. The zero-order valence-corrected chi connectivity index (χ0v) is 12.4. The van der Waals surface area contributed by atoms with Gasteiger partial charge in [-0.2, -0.15) is 0 Å². The first-order chi connectivity index (χ1) is 10.5. The molecule has 2 aromatic heterocycles. The molecule has 1 aliphatic rings. The van der Waals surface area contributed by atoms with E-state index in [1.54, 1.807) is 22.6 Å². The van der Waals surface area contributed by atoms with Crippen LogP contribution in [0.5, 0.6) is 0 Å². The maximum Gasteiger partial charge on any atom is 0.356 e. The summed E-state index contributed by atoms with van der Waals surface area (Å²) in [6.07, 6.45) is 0.879. The number of nitrogens with zero attached hydrogens (tertiary/aromatic N) is 3. The second-order valence-corrected chi connectivity index (χ2v) is 5.49. The van der Waals surface area contributed by atoms with E-state index in [1.807, 2.05) is 7.05 Å². The number of hydrogen-bond donors (Lipinski definition) is 1. The fourth-order valence-corrected chi connectivity index (χ4v) is 3.00. The number of carboxylic acid groups (broad SMARTS) is 1. The van der Waals surface area contributed by atoms with Crippen LogP contribution in [-0.2, 0) is 4.74 Å². The molecule has 22 heavy (non-hydrogen) atoms. The number of carbonyl (C=O) groups excluding carboxylic acids is 1. The van der Waals surface area contributed by atoms with Crippen molar-refractivity contribution < 1.29 is 19.4 Å². The van der Waals surface area contributed by atoms with Gasteiger partial charge in [-0.1, -0.05) is 6.07 Å². The van der Waals surface area contributed by atoms with Crippen LogP contribution in [0, 0.1) is 0 Å². The molecule has 0 saturated carbocycles. The molecule has 1 aliphatic heterocycles. The van der Waals surface area contributed by atoms with Crippen molar-refractivity contribution in [3.63, 3.8) is 0 Å². The number of esters is 1. The Morgan fingerprint density at radius 1 is 1.41 bits per heavy atom. The van der Waals surface area contributed by atoms with Crippen LogP contribution in [0.3, 0.4) is 0 Å². The second-order valence-electron chi connectivity index (χ2n) is 5.49. The summed E-state index contributed by atoms with van der Waals surface area (Å²) in [5.74, 6) is -0.904. The van der Waals surface area contributed by atoms with Crippen molar-refractivity contribution in [3.05, 3.63) is 35.4 Å². The molecule has 0 radical (unpaired) electrons. The van der Waals surface area contributed by atoms with Gasteiger partial charge in [-0.15, -0.1) is 0 Å². The van der Waals surface area contributed by atoms with E-state index in [-0.39, 0.29) is 11.6 Å². The number of aromatic nitrogens is 2. The Morgan fingerprint density at radius 2 is 2.18 bits per heavy atom. The lowest BCUT2D eigenvalue weighted by Crippen LogP contribution is -2.16. The van der Waals surface area contributed by atoms with Crippen molar-refractivity contribution in [2.24, 2.45) is 0 Å². The summed E-state index contributed by atoms with van der Waals surface area (Å²) in [6, 6.07) is 4.92. The molecule has 0 bridgehead atoms. The molecular formula is C15H17N3O4. The minimum absolute atomic E-state index is 0.0321. The molecule has 0 amide bonds. The van der Waals surface area contributed by atoms with Gasteiger partial charge in [0.1, 0.15) is 11.5 Å². The molecule has 116 valence electrons. The van der Waals surface area contributed by atoms with Crippen molar-refractivity contribution >= 4 is 17.5 Å². The van der Waals surface area contributed by atoms with Gasteiger partial charge >= 0.3 is 11.9 Å². The molecule has 0 spiro atoms. The number of aromatic carboxylic acids is 1. The summed E-state index contributed by atoms with van der Waals surface area (Å²) in [7, 11) is 3.31. The van der Waals surface area contributed by atoms with Crippen LogP contribution in [0.2, 0.25) is 0 Å². The number of carboxylic acids is 1. The van der Waals surface area contributed by atoms with E-state index in [0.717, 1.165) is 19.5 Å². The third-order valence-corrected chi connectivity index (χ3v) is 4.04. The maximum absolute atomic E-state index is 12.0. The lowest BCUT2D eigenvalue weighted by molar-refractivity contribution is 0.0590. The van der Waals surface area contributed by atoms with Crippen LogP contribution in [-0.4, -0.2) is 58.6 Å². The van der Waals surface area contributed by atoms with Crippen LogP contribution < -0.4 is 0 Å². The Bertz CT molecular complexity index is 753. The van der Waals surface area contributed by atoms with E-state index < -0.39 is 11.9 Å². The molecular weight excluding hydrogens is 286 g/mol. The third kappa shape index (κ3) is 2.23. The van der Waals surface area contributed by atoms with E-state index in [2.05, 4.69) is 9.88 Å². The van der Waals surface area contributed by atoms with Gasteiger partial charge in [0, 0.05) is 12.5 Å². The molecule has 1 saturated heterocycles. The standard InChI is InChI=1S/C15H17N3O4/c1-17-7-6-9(8-17)13-16-12(14(19)20)10-4-3-5-11(18(10)13)15(21)22-2/h3-5,9H,6-8H2,1-2H3,(H,19,20). The summed E-state index contributed by atoms with van der Waals surface area (Å²) < 4.78 is 6.43. The predicted molar refractivity (Wildman–Crippen MR) is 78.3 cm³/mol. The fourth-order valence-electron chi connectivity index (χ4n) is 3.00. The van der Waals surface area contributed by atoms with Crippen molar-refractivity contribution in [2.45, 2.75) is 12.3 Å². The predicted octanol–water partition coefficient (Wildman–Crippen LogP) is 1.24. The smallest absolute Gasteiger partial charge is 0.356 e. The van der Waals surface area contributed by atoms with Gasteiger partial charge in [0.25, 0.3) is 0 Å². The zero-order valence-electron chi connectivity index (χ0n) is 12.4. The van der Waals surface area contributed by atoms with E-state index in [1.165, 1.54) is 7.11 Å². The first-order valence-electron chi connectivity index (χ1n) is 7.04. The number of likely N-dealkylation sites (tertiary alicyclic amines) is 1. The summed E-state index contributed by atoms with van der Waals surface area (Å²) in [4.78, 5) is 29.9. The van der Waals surface area contributed by atoms with Gasteiger partial charge in [0.2, 0.25) is 0 Å². The number of pyridine rings is 1. The second kappa shape index (κ2) is 5.42. The Labute approximate surface area is 127 Å². The highest BCUT2D eigenvalue weighted by atomic mass is 16.5. The molecule has 1 unspecified atom stereocenters. The van der Waals surface area contributed by atoms with Crippen LogP contribution in [0.15, 0.2) is 18.2 Å². The largest absolute Gasteiger partial charge is 0.476 e. The number of methoxy groups -OCH3 is 1. The lowest BCUT2D eigenvalue weighted by atomic mass is 10.1. The molecule has 0 aliphatic carbocycles. The summed E-state index contributed by atoms with van der Waals surface area (Å²) in [5, 5.41) is 9.38. The number of carbonyl (C=O) groups is 2. The average molecular weight is 303 g/mol. The summed E-state index contributed by atoms with van der Waals surface area (Å²) in [5.41, 5.74) is 0.680. The Morgan fingerprint density at radius 3 is 2.77 bits per heavy atom. The topological polar surface area (TPSA) is 84.1 Å². The first-order valence-corrected chi connectivity index (χ1v) is 7.04. The van der Waals surface area contributed by atoms with Gasteiger partial charge < -0.3 is 14.7 Å². The summed E-state index contributed by atoms with van der Waals surface area (Å²) >= 11 is 0. The Balaban J connectivity index is 2.26. The molecule has 7 heteroatoms. The number of ether oxygens (including phenoxy) is 1. The summed E-state index contributed by atoms with van der Waals surface area (Å²) in [6.45, 7) is 1.70. The van der Waals surface area contributed by atoms with E-state index in [0.29, 0.717) is 17.0 Å². The highest BCUT2D eigenvalue weighted by Gasteiger charge is 2.29. The molecule has 1 atom stereocenters. The van der Waals surface area contributed by atoms with Crippen LogP contribution in [0.4, 0.5) is 0 Å². The highest BCUT2D eigenvalue weighted by Crippen LogP contribution is 2.29. The minimum Gasteiger partial charge on any atom is -0.476 e. The molecule has 2 aromatic rings. The van der Waals surface area contributed by atoms with Gasteiger partial charge in [0.15, 0.2) is 5.69 Å². The van der Waals surface area contributed by atoms with E-state index >= 15 is 0 Å². The molecule has 3 rings (SSSR count). The number of imidazole rings is 1. The van der Waals surface area contributed by atoms with Crippen molar-refractivity contribution in [2.75, 3.05) is 27.2 Å². The number of hydrogen-bond acceptors (Lipinski definition) is 5. The fraction of sp³-hybridized carbons (Fsp3) is 0.400. The normalized spacial score (nSPS) is 18.7. The minimum atomic E-state index is -1.10. The highest BCUT2D eigenvalue weighted by molar-refractivity contribution is 5.96. The lowest BCUT2D eigenvalue weighted by Gasteiger charge is -2.12. The maximum atomic E-state index is 12.0. The number of likely N-dealkylation sites (N-methyl/N-ethyl adjacent to an activating group) is 1. The van der Waals surface area contributed by atoms with Crippen LogP contribution >= 0.6 is 0 Å². The van der Waals surface area contributed by atoms with Gasteiger partial charge in [-0.25, -0.2) is 14.6 Å². The zero-order chi connectivity index (χ0) is 15.9. The quantitative estimate of drug-likeness (QED) is 0.859. The molecule has 1 fully saturated rings. The van der Waals surface area contributed by atoms with Crippen LogP contribution in [0.25, 0.3) is 5.52 Å². The average Bonchev–Trinajstić information content (AvgIpc) is 3.09. The third-order valence-electron chi connectivity index (χ3n) is 4.04. The van der Waals surface area contributed by atoms with Crippen molar-refractivity contribution in [1.29, 1.82) is 0 Å². The Kier molecular flexibility index (Phi) is 3.58. The molecule has 1 N–H and O–H groups in total. The molecule has 3 heterocycles. The van der Waals surface area contributed by atoms with Gasteiger partial charge in [-0.3, -0.25) is 4.40 Å². The molecule has 0 aromatic carbocycles. The van der Waals surface area contributed by atoms with Gasteiger partial charge in [-0.05, 0) is 32.1 Å². The monoisotopic (exact) mass is 303 g/mol. The number of rotatable bonds is 3. The van der Waals surface area contributed by atoms with Gasteiger partial charge in [0.05, 0.1) is 12.6 Å². The van der Waals surface area contributed by atoms with Crippen LogP contribution in [0.1, 0.15) is 39.1 Å². The van der Waals surface area contributed by atoms with E-state index in [9.17, 15) is 14.7 Å².